The molecule has 1 fully saturated rings. The van der Waals surface area contributed by atoms with Gasteiger partial charge in [0, 0.05) is 6.54 Å². The summed E-state index contributed by atoms with van der Waals surface area (Å²) in [4.78, 5) is 10.4. The molecular formula is C14H23FN4. The molecule has 0 bridgehead atoms. The number of aryl methyl sites for hydroxylation is 1. The third-order valence-corrected chi connectivity index (χ3v) is 3.59. The highest BCUT2D eigenvalue weighted by molar-refractivity contribution is 5.37. The molecule has 0 aliphatic carbocycles. The predicted octanol–water partition coefficient (Wildman–Crippen LogP) is 2.47. The first-order chi connectivity index (χ1) is 9.31. The quantitative estimate of drug-likeness (QED) is 0.803. The van der Waals surface area contributed by atoms with Crippen LogP contribution in [0.4, 0.5) is 10.2 Å². The molecule has 2 rings (SSSR count). The smallest absolute Gasteiger partial charge is 0.186 e. The standard InChI is InChI=1S/C14H23FN4/c1-2-12-13(15)14(18-11-17-12)16-7-6-10-19-8-4-3-5-9-19/h11H,2-10H2,1H3,(H,16,17,18). The molecule has 1 N–H and O–H groups in total. The minimum absolute atomic E-state index is 0.303. The number of nitrogens with zero attached hydrogens (tertiary/aromatic N) is 3. The summed E-state index contributed by atoms with van der Waals surface area (Å²) in [6.07, 6.45) is 7.03. The molecular weight excluding hydrogens is 243 g/mol. The van der Waals surface area contributed by atoms with Gasteiger partial charge in [0.1, 0.15) is 6.33 Å². The number of anilines is 1. The summed E-state index contributed by atoms with van der Waals surface area (Å²) in [5, 5.41) is 3.07. The third-order valence-electron chi connectivity index (χ3n) is 3.59. The van der Waals surface area contributed by atoms with Crippen molar-refractivity contribution in [3.63, 3.8) is 0 Å². The maximum atomic E-state index is 13.9. The lowest BCUT2D eigenvalue weighted by Gasteiger charge is -2.26. The summed E-state index contributed by atoms with van der Waals surface area (Å²) in [7, 11) is 0. The van der Waals surface area contributed by atoms with Crippen molar-refractivity contribution in [3.8, 4) is 0 Å². The van der Waals surface area contributed by atoms with Crippen molar-refractivity contribution in [3.05, 3.63) is 17.8 Å². The van der Waals surface area contributed by atoms with Crippen LogP contribution in [0.15, 0.2) is 6.33 Å². The normalized spacial score (nSPS) is 16.5. The Morgan fingerprint density at radius 1 is 1.26 bits per heavy atom. The first-order valence-electron chi connectivity index (χ1n) is 7.27. The van der Waals surface area contributed by atoms with Gasteiger partial charge in [-0.1, -0.05) is 13.3 Å². The molecule has 1 aliphatic heterocycles. The molecule has 106 valence electrons. The zero-order chi connectivity index (χ0) is 13.5. The minimum atomic E-state index is -0.303. The minimum Gasteiger partial charge on any atom is -0.367 e. The number of aromatic nitrogens is 2. The van der Waals surface area contributed by atoms with Gasteiger partial charge < -0.3 is 10.2 Å². The van der Waals surface area contributed by atoms with Gasteiger partial charge in [-0.15, -0.1) is 0 Å². The number of nitrogens with one attached hydrogen (secondary N) is 1. The molecule has 4 nitrogen and oxygen atoms in total. The van der Waals surface area contributed by atoms with Gasteiger partial charge in [-0.05, 0) is 45.3 Å². The van der Waals surface area contributed by atoms with Crippen LogP contribution in [0.1, 0.15) is 38.3 Å². The van der Waals surface area contributed by atoms with E-state index >= 15 is 0 Å². The fourth-order valence-electron chi connectivity index (χ4n) is 2.47. The van der Waals surface area contributed by atoms with E-state index in [0.717, 1.165) is 19.5 Å². The predicted molar refractivity (Wildman–Crippen MR) is 74.8 cm³/mol. The maximum Gasteiger partial charge on any atom is 0.186 e. The molecule has 0 spiro atoms. The molecule has 0 saturated carbocycles. The summed E-state index contributed by atoms with van der Waals surface area (Å²) < 4.78 is 13.9. The van der Waals surface area contributed by atoms with E-state index in [0.29, 0.717) is 17.9 Å². The Bertz CT molecular complexity index is 391. The van der Waals surface area contributed by atoms with Gasteiger partial charge in [0.15, 0.2) is 11.6 Å². The highest BCUT2D eigenvalue weighted by atomic mass is 19.1. The van der Waals surface area contributed by atoms with E-state index in [1.165, 1.54) is 38.7 Å². The van der Waals surface area contributed by atoms with Crippen LogP contribution < -0.4 is 5.32 Å². The Kier molecular flexibility index (Phi) is 5.51. The first-order valence-corrected chi connectivity index (χ1v) is 7.27. The Labute approximate surface area is 114 Å². The van der Waals surface area contributed by atoms with Gasteiger partial charge in [0.2, 0.25) is 0 Å². The lowest BCUT2D eigenvalue weighted by molar-refractivity contribution is 0.228. The Hall–Kier alpha value is -1.23. The van der Waals surface area contributed by atoms with E-state index < -0.39 is 0 Å². The summed E-state index contributed by atoms with van der Waals surface area (Å²) >= 11 is 0. The topological polar surface area (TPSA) is 41.1 Å². The van der Waals surface area contributed by atoms with Gasteiger partial charge in [0.25, 0.3) is 0 Å². The number of hydrogen-bond acceptors (Lipinski definition) is 4. The number of hydrogen-bond donors (Lipinski definition) is 1. The molecule has 5 heteroatoms. The summed E-state index contributed by atoms with van der Waals surface area (Å²) in [6, 6.07) is 0. The van der Waals surface area contributed by atoms with Crippen molar-refractivity contribution >= 4 is 5.82 Å². The second-order valence-corrected chi connectivity index (χ2v) is 5.02. The van der Waals surface area contributed by atoms with Crippen molar-refractivity contribution in [1.82, 2.24) is 14.9 Å². The molecule has 0 unspecified atom stereocenters. The molecule has 1 aromatic rings. The lowest BCUT2D eigenvalue weighted by atomic mass is 10.1. The molecule has 0 atom stereocenters. The van der Waals surface area contributed by atoms with Gasteiger partial charge >= 0.3 is 0 Å². The SMILES string of the molecule is CCc1ncnc(NCCCN2CCCCC2)c1F. The molecule has 1 saturated heterocycles. The Morgan fingerprint density at radius 3 is 2.79 bits per heavy atom. The van der Waals surface area contributed by atoms with Crippen LogP contribution in [-0.4, -0.2) is 41.0 Å². The van der Waals surface area contributed by atoms with E-state index in [4.69, 9.17) is 0 Å². The van der Waals surface area contributed by atoms with Crippen LogP contribution in [0, 0.1) is 5.82 Å². The van der Waals surface area contributed by atoms with E-state index in [2.05, 4.69) is 20.2 Å². The van der Waals surface area contributed by atoms with Crippen molar-refractivity contribution in [2.75, 3.05) is 31.5 Å². The maximum absolute atomic E-state index is 13.9. The molecule has 1 aliphatic rings. The van der Waals surface area contributed by atoms with Crippen molar-refractivity contribution in [2.24, 2.45) is 0 Å². The molecule has 1 aromatic heterocycles. The van der Waals surface area contributed by atoms with E-state index in [9.17, 15) is 4.39 Å². The van der Waals surface area contributed by atoms with Crippen LogP contribution in [0.3, 0.4) is 0 Å². The number of halogens is 1. The number of likely N-dealkylation sites (tertiary alicyclic amines) is 1. The van der Waals surface area contributed by atoms with Crippen molar-refractivity contribution < 1.29 is 4.39 Å². The largest absolute Gasteiger partial charge is 0.367 e. The van der Waals surface area contributed by atoms with Crippen LogP contribution in [0.5, 0.6) is 0 Å². The average Bonchev–Trinajstić information content (AvgIpc) is 2.46. The average molecular weight is 266 g/mol. The van der Waals surface area contributed by atoms with Gasteiger partial charge in [0.05, 0.1) is 5.69 Å². The van der Waals surface area contributed by atoms with Crippen molar-refractivity contribution in [2.45, 2.75) is 39.0 Å². The Morgan fingerprint density at radius 2 is 2.05 bits per heavy atom. The lowest BCUT2D eigenvalue weighted by Crippen LogP contribution is -2.31. The zero-order valence-electron chi connectivity index (χ0n) is 11.7. The molecule has 2 heterocycles. The highest BCUT2D eigenvalue weighted by Gasteiger charge is 2.11. The van der Waals surface area contributed by atoms with Crippen LogP contribution >= 0.6 is 0 Å². The van der Waals surface area contributed by atoms with Gasteiger partial charge in [-0.3, -0.25) is 0 Å². The van der Waals surface area contributed by atoms with Crippen LogP contribution in [0.2, 0.25) is 0 Å². The Balaban J connectivity index is 1.73. The molecule has 0 amide bonds. The van der Waals surface area contributed by atoms with Crippen LogP contribution in [-0.2, 0) is 6.42 Å². The summed E-state index contributed by atoms with van der Waals surface area (Å²) in [5.41, 5.74) is 0.480. The second kappa shape index (κ2) is 7.38. The fourth-order valence-corrected chi connectivity index (χ4v) is 2.47. The molecule has 0 radical (unpaired) electrons. The molecule has 0 aromatic carbocycles. The number of rotatable bonds is 6. The van der Waals surface area contributed by atoms with E-state index in [1.807, 2.05) is 6.92 Å². The number of piperidine rings is 1. The van der Waals surface area contributed by atoms with E-state index in [1.54, 1.807) is 0 Å². The monoisotopic (exact) mass is 266 g/mol. The summed E-state index contributed by atoms with van der Waals surface area (Å²) in [5.74, 6) is 0.0356. The van der Waals surface area contributed by atoms with Crippen LogP contribution in [0.25, 0.3) is 0 Å². The second-order valence-electron chi connectivity index (χ2n) is 5.02. The highest BCUT2D eigenvalue weighted by Crippen LogP contribution is 2.13. The zero-order valence-corrected chi connectivity index (χ0v) is 11.7. The fraction of sp³-hybridized carbons (Fsp3) is 0.714. The first kappa shape index (κ1) is 14.2. The van der Waals surface area contributed by atoms with Gasteiger partial charge in [-0.25, -0.2) is 14.4 Å². The third kappa shape index (κ3) is 4.13. The van der Waals surface area contributed by atoms with Gasteiger partial charge in [-0.2, -0.15) is 0 Å². The summed E-state index contributed by atoms with van der Waals surface area (Å²) in [6.45, 7) is 6.16. The van der Waals surface area contributed by atoms with E-state index in [-0.39, 0.29) is 5.82 Å². The van der Waals surface area contributed by atoms with Crippen molar-refractivity contribution in [1.29, 1.82) is 0 Å². The molecule has 19 heavy (non-hydrogen) atoms.